The molecular formula is C9H16N2O. The van der Waals surface area contributed by atoms with Crippen molar-refractivity contribution in [1.82, 2.24) is 9.97 Å². The van der Waals surface area contributed by atoms with E-state index in [1.165, 1.54) is 0 Å². The Morgan fingerprint density at radius 2 is 2.17 bits per heavy atom. The number of imidazole rings is 1. The smallest absolute Gasteiger partial charge is 0.103 e. The number of aryl methyl sites for hydroxylation is 2. The Morgan fingerprint density at radius 1 is 1.50 bits per heavy atom. The number of aromatic amines is 1. The maximum Gasteiger partial charge on any atom is 0.103 e. The molecule has 12 heavy (non-hydrogen) atoms. The van der Waals surface area contributed by atoms with Gasteiger partial charge in [-0.1, -0.05) is 0 Å². The molecule has 0 fully saturated rings. The molecule has 0 saturated carbocycles. The van der Waals surface area contributed by atoms with Gasteiger partial charge in [0.2, 0.25) is 0 Å². The van der Waals surface area contributed by atoms with Crippen molar-refractivity contribution in [2.45, 2.75) is 33.3 Å². The molecule has 1 unspecified atom stereocenters. The molecule has 68 valence electrons. The molecular weight excluding hydrogens is 152 g/mol. The third-order valence-electron chi connectivity index (χ3n) is 1.99. The lowest BCUT2D eigenvalue weighted by Gasteiger charge is -2.06. The van der Waals surface area contributed by atoms with Crippen LogP contribution in [0.1, 0.15) is 24.1 Å². The highest BCUT2D eigenvalue weighted by Gasteiger charge is 2.07. The Hall–Kier alpha value is -0.830. The molecule has 1 rings (SSSR count). The Bertz CT molecular complexity index is 255. The molecule has 3 heteroatoms. The summed E-state index contributed by atoms with van der Waals surface area (Å²) < 4.78 is 5.16. The van der Waals surface area contributed by atoms with Crippen molar-refractivity contribution in [3.05, 3.63) is 17.2 Å². The van der Waals surface area contributed by atoms with Crippen molar-refractivity contribution in [3.63, 3.8) is 0 Å². The Labute approximate surface area is 73.2 Å². The summed E-state index contributed by atoms with van der Waals surface area (Å²) in [6.07, 6.45) is 1.12. The number of H-pyrrole nitrogens is 1. The van der Waals surface area contributed by atoms with E-state index in [0.717, 1.165) is 23.6 Å². The van der Waals surface area contributed by atoms with Gasteiger partial charge in [0.05, 0.1) is 11.8 Å². The zero-order valence-corrected chi connectivity index (χ0v) is 8.14. The minimum absolute atomic E-state index is 0.242. The highest BCUT2D eigenvalue weighted by Crippen LogP contribution is 2.08. The molecule has 0 bridgehead atoms. The maximum absolute atomic E-state index is 5.16. The first kappa shape index (κ1) is 9.26. The van der Waals surface area contributed by atoms with Crippen LogP contribution >= 0.6 is 0 Å². The number of aromatic nitrogens is 2. The van der Waals surface area contributed by atoms with E-state index in [2.05, 4.69) is 9.97 Å². The van der Waals surface area contributed by atoms with Crippen LogP contribution in [-0.4, -0.2) is 23.2 Å². The van der Waals surface area contributed by atoms with Crippen molar-refractivity contribution in [2.75, 3.05) is 7.11 Å². The monoisotopic (exact) mass is 168 g/mol. The second-order valence-electron chi connectivity index (χ2n) is 3.14. The molecule has 0 aliphatic carbocycles. The van der Waals surface area contributed by atoms with Gasteiger partial charge in [-0.15, -0.1) is 0 Å². The second kappa shape index (κ2) is 3.72. The Morgan fingerprint density at radius 3 is 2.58 bits per heavy atom. The Balaban J connectivity index is 2.68. The highest BCUT2D eigenvalue weighted by molar-refractivity contribution is 5.13. The number of hydrogen-bond donors (Lipinski definition) is 1. The van der Waals surface area contributed by atoms with E-state index in [-0.39, 0.29) is 6.10 Å². The number of rotatable bonds is 3. The first-order valence-electron chi connectivity index (χ1n) is 4.18. The van der Waals surface area contributed by atoms with Crippen molar-refractivity contribution in [3.8, 4) is 0 Å². The lowest BCUT2D eigenvalue weighted by Crippen LogP contribution is -2.09. The SMILES string of the molecule is COC(C)Cc1nc(C)[nH]c1C. The van der Waals surface area contributed by atoms with Crippen molar-refractivity contribution < 1.29 is 4.74 Å². The van der Waals surface area contributed by atoms with Crippen LogP contribution in [0.25, 0.3) is 0 Å². The Kier molecular flexibility index (Phi) is 2.87. The fourth-order valence-corrected chi connectivity index (χ4v) is 1.21. The number of hydrogen-bond acceptors (Lipinski definition) is 2. The molecule has 0 aliphatic rings. The van der Waals surface area contributed by atoms with Gasteiger partial charge < -0.3 is 9.72 Å². The molecule has 0 aliphatic heterocycles. The van der Waals surface area contributed by atoms with E-state index in [4.69, 9.17) is 4.74 Å². The standard InChI is InChI=1S/C9H16N2O/c1-6(12-4)5-9-7(2)10-8(3)11-9/h6H,5H2,1-4H3,(H,10,11). The van der Waals surface area contributed by atoms with Gasteiger partial charge in [0.25, 0.3) is 0 Å². The molecule has 3 nitrogen and oxygen atoms in total. The third-order valence-corrected chi connectivity index (χ3v) is 1.99. The van der Waals surface area contributed by atoms with Gasteiger partial charge in [-0.05, 0) is 20.8 Å². The zero-order chi connectivity index (χ0) is 9.14. The summed E-state index contributed by atoms with van der Waals surface area (Å²) >= 11 is 0. The van der Waals surface area contributed by atoms with Gasteiger partial charge in [0.15, 0.2) is 0 Å². The maximum atomic E-state index is 5.16. The third kappa shape index (κ3) is 2.08. The van der Waals surface area contributed by atoms with Crippen molar-refractivity contribution in [2.24, 2.45) is 0 Å². The fourth-order valence-electron chi connectivity index (χ4n) is 1.21. The average Bonchev–Trinajstić information content (AvgIpc) is 2.30. The minimum Gasteiger partial charge on any atom is -0.381 e. The molecule has 0 radical (unpaired) electrons. The van der Waals surface area contributed by atoms with Crippen molar-refractivity contribution in [1.29, 1.82) is 0 Å². The zero-order valence-electron chi connectivity index (χ0n) is 8.14. The molecule has 1 aromatic rings. The molecule has 1 N–H and O–H groups in total. The van der Waals surface area contributed by atoms with Gasteiger partial charge in [0.1, 0.15) is 5.82 Å². The van der Waals surface area contributed by atoms with Crippen LogP contribution in [-0.2, 0) is 11.2 Å². The summed E-state index contributed by atoms with van der Waals surface area (Å²) in [6.45, 7) is 6.05. The summed E-state index contributed by atoms with van der Waals surface area (Å²) in [5.74, 6) is 0.978. The van der Waals surface area contributed by atoms with Gasteiger partial charge in [-0.25, -0.2) is 4.98 Å². The average molecular weight is 168 g/mol. The van der Waals surface area contributed by atoms with E-state index in [0.29, 0.717) is 0 Å². The molecule has 1 heterocycles. The van der Waals surface area contributed by atoms with Crippen LogP contribution < -0.4 is 0 Å². The van der Waals surface area contributed by atoms with Gasteiger partial charge in [-0.2, -0.15) is 0 Å². The molecule has 0 spiro atoms. The summed E-state index contributed by atoms with van der Waals surface area (Å²) in [5, 5.41) is 0. The number of ether oxygens (including phenoxy) is 1. The van der Waals surface area contributed by atoms with Crippen LogP contribution in [0.2, 0.25) is 0 Å². The topological polar surface area (TPSA) is 37.9 Å². The van der Waals surface area contributed by atoms with E-state index in [1.807, 2.05) is 20.8 Å². The van der Waals surface area contributed by atoms with Crippen LogP contribution in [0.5, 0.6) is 0 Å². The highest BCUT2D eigenvalue weighted by atomic mass is 16.5. The second-order valence-corrected chi connectivity index (χ2v) is 3.14. The largest absolute Gasteiger partial charge is 0.381 e. The molecule has 1 aromatic heterocycles. The van der Waals surface area contributed by atoms with E-state index in [1.54, 1.807) is 7.11 Å². The van der Waals surface area contributed by atoms with Crippen LogP contribution in [0.15, 0.2) is 0 Å². The molecule has 0 amide bonds. The van der Waals surface area contributed by atoms with E-state index in [9.17, 15) is 0 Å². The van der Waals surface area contributed by atoms with Crippen LogP contribution in [0.3, 0.4) is 0 Å². The summed E-state index contributed by atoms with van der Waals surface area (Å²) in [5.41, 5.74) is 2.26. The first-order chi connectivity index (χ1) is 5.63. The lowest BCUT2D eigenvalue weighted by molar-refractivity contribution is 0.118. The van der Waals surface area contributed by atoms with E-state index < -0.39 is 0 Å². The number of nitrogens with zero attached hydrogens (tertiary/aromatic N) is 1. The van der Waals surface area contributed by atoms with Gasteiger partial charge >= 0.3 is 0 Å². The van der Waals surface area contributed by atoms with Crippen LogP contribution in [0, 0.1) is 13.8 Å². The van der Waals surface area contributed by atoms with Gasteiger partial charge in [0, 0.05) is 19.2 Å². The first-order valence-corrected chi connectivity index (χ1v) is 4.18. The predicted octanol–water partition coefficient (Wildman–Crippen LogP) is 1.60. The number of nitrogens with one attached hydrogen (secondary N) is 1. The molecule has 1 atom stereocenters. The van der Waals surface area contributed by atoms with Crippen molar-refractivity contribution >= 4 is 0 Å². The van der Waals surface area contributed by atoms with E-state index >= 15 is 0 Å². The quantitative estimate of drug-likeness (QED) is 0.744. The summed E-state index contributed by atoms with van der Waals surface area (Å²) in [4.78, 5) is 7.53. The van der Waals surface area contributed by atoms with Gasteiger partial charge in [-0.3, -0.25) is 0 Å². The predicted molar refractivity (Wildman–Crippen MR) is 48.2 cm³/mol. The molecule has 0 aromatic carbocycles. The minimum atomic E-state index is 0.242. The fraction of sp³-hybridized carbons (Fsp3) is 0.667. The molecule has 0 saturated heterocycles. The normalized spacial score (nSPS) is 13.3. The van der Waals surface area contributed by atoms with Crippen LogP contribution in [0.4, 0.5) is 0 Å². The number of methoxy groups -OCH3 is 1. The lowest BCUT2D eigenvalue weighted by atomic mass is 10.2. The summed E-state index contributed by atoms with van der Waals surface area (Å²) in [7, 11) is 1.72. The summed E-state index contributed by atoms with van der Waals surface area (Å²) in [6, 6.07) is 0.